The van der Waals surface area contributed by atoms with Gasteiger partial charge in [-0.1, -0.05) is 0 Å². The summed E-state index contributed by atoms with van der Waals surface area (Å²) < 4.78 is 1.80. The Bertz CT molecular complexity index is 650. The topological polar surface area (TPSA) is 99.9 Å². The van der Waals surface area contributed by atoms with Crippen LogP contribution < -0.4 is 5.73 Å². The van der Waals surface area contributed by atoms with Crippen LogP contribution in [0.5, 0.6) is 0 Å². The van der Waals surface area contributed by atoms with E-state index in [0.29, 0.717) is 5.82 Å². The second-order valence-corrected chi connectivity index (χ2v) is 4.58. The molecular formula is C12H13N5O2. The first-order chi connectivity index (χ1) is 9.15. The predicted octanol–water partition coefficient (Wildman–Crippen LogP) is 1.64. The van der Waals surface area contributed by atoms with Gasteiger partial charge in [-0.15, -0.1) is 0 Å². The highest BCUT2D eigenvalue weighted by atomic mass is 16.6. The van der Waals surface area contributed by atoms with Crippen molar-refractivity contribution in [2.75, 3.05) is 5.73 Å². The molecule has 19 heavy (non-hydrogen) atoms. The summed E-state index contributed by atoms with van der Waals surface area (Å²) >= 11 is 0. The third-order valence-electron chi connectivity index (χ3n) is 3.30. The summed E-state index contributed by atoms with van der Waals surface area (Å²) in [5.41, 5.74) is 7.71. The second kappa shape index (κ2) is 4.34. The van der Waals surface area contributed by atoms with Gasteiger partial charge < -0.3 is 5.73 Å². The lowest BCUT2D eigenvalue weighted by atomic mass is 10.0. The molecule has 0 radical (unpaired) electrons. The van der Waals surface area contributed by atoms with Crippen LogP contribution in [0.4, 0.5) is 11.5 Å². The van der Waals surface area contributed by atoms with Crippen LogP contribution in [0.15, 0.2) is 18.5 Å². The fourth-order valence-electron chi connectivity index (χ4n) is 2.42. The maximum absolute atomic E-state index is 10.9. The molecule has 2 heterocycles. The molecule has 98 valence electrons. The van der Waals surface area contributed by atoms with Crippen LogP contribution in [0.25, 0.3) is 5.82 Å². The van der Waals surface area contributed by atoms with Crippen molar-refractivity contribution in [2.45, 2.75) is 25.7 Å². The molecule has 0 spiro atoms. The number of hydrogen-bond donors (Lipinski definition) is 1. The first-order valence-corrected chi connectivity index (χ1v) is 6.12. The standard InChI is InChI=1S/C12H13N5O2/c13-11-5-8(17(18)19)6-12(15-11)16-7-14-9-3-1-2-4-10(9)16/h5-7H,1-4H2,(H2,13,15). The van der Waals surface area contributed by atoms with Crippen LogP contribution in [0.2, 0.25) is 0 Å². The highest BCUT2D eigenvalue weighted by Gasteiger charge is 2.18. The third kappa shape index (κ3) is 2.03. The molecule has 0 saturated carbocycles. The molecule has 2 N–H and O–H groups in total. The zero-order valence-electron chi connectivity index (χ0n) is 10.2. The van der Waals surface area contributed by atoms with Crippen molar-refractivity contribution in [3.05, 3.63) is 40.0 Å². The van der Waals surface area contributed by atoms with E-state index in [-0.39, 0.29) is 11.5 Å². The van der Waals surface area contributed by atoms with Gasteiger partial charge in [0.25, 0.3) is 5.69 Å². The average molecular weight is 259 g/mol. The highest BCUT2D eigenvalue weighted by molar-refractivity contribution is 5.48. The molecule has 0 saturated heterocycles. The smallest absolute Gasteiger partial charge is 0.276 e. The third-order valence-corrected chi connectivity index (χ3v) is 3.30. The number of aromatic nitrogens is 3. The molecule has 0 aromatic carbocycles. The summed E-state index contributed by atoms with van der Waals surface area (Å²) in [4.78, 5) is 18.9. The maximum Gasteiger partial charge on any atom is 0.276 e. The van der Waals surface area contributed by atoms with Gasteiger partial charge in [0, 0.05) is 5.69 Å². The van der Waals surface area contributed by atoms with Crippen LogP contribution in [-0.4, -0.2) is 19.5 Å². The first-order valence-electron chi connectivity index (χ1n) is 6.12. The van der Waals surface area contributed by atoms with Crippen molar-refractivity contribution in [2.24, 2.45) is 0 Å². The molecule has 2 aromatic rings. The van der Waals surface area contributed by atoms with E-state index < -0.39 is 4.92 Å². The number of aryl methyl sites for hydroxylation is 1. The molecule has 1 aliphatic carbocycles. The number of nitrogen functional groups attached to an aromatic ring is 1. The zero-order valence-corrected chi connectivity index (χ0v) is 10.2. The molecule has 2 aromatic heterocycles. The Balaban J connectivity index is 2.11. The van der Waals surface area contributed by atoms with Gasteiger partial charge >= 0.3 is 0 Å². The summed E-state index contributed by atoms with van der Waals surface area (Å²) in [7, 11) is 0. The molecule has 7 nitrogen and oxygen atoms in total. The molecule has 0 fully saturated rings. The molecule has 0 unspecified atom stereocenters. The summed E-state index contributed by atoms with van der Waals surface area (Å²) in [6, 6.07) is 2.68. The molecule has 0 aliphatic heterocycles. The molecule has 0 amide bonds. The average Bonchev–Trinajstić information content (AvgIpc) is 2.81. The number of anilines is 1. The number of rotatable bonds is 2. The first kappa shape index (κ1) is 11.6. The van der Waals surface area contributed by atoms with E-state index in [0.717, 1.165) is 37.1 Å². The van der Waals surface area contributed by atoms with Crippen molar-refractivity contribution < 1.29 is 4.92 Å². The number of nitrogens with two attached hydrogens (primary N) is 1. The largest absolute Gasteiger partial charge is 0.383 e. The minimum absolute atomic E-state index is 0.0549. The van der Waals surface area contributed by atoms with Gasteiger partial charge in [0.2, 0.25) is 0 Å². The Morgan fingerprint density at radius 3 is 2.89 bits per heavy atom. The molecule has 0 atom stereocenters. The van der Waals surface area contributed by atoms with Crippen LogP contribution in [0, 0.1) is 10.1 Å². The Kier molecular flexibility index (Phi) is 2.66. The number of nitrogens with zero attached hydrogens (tertiary/aromatic N) is 4. The SMILES string of the molecule is Nc1cc([N+](=O)[O-])cc(-n2cnc3c2CCCC3)n1. The van der Waals surface area contributed by atoms with E-state index in [1.54, 1.807) is 10.9 Å². The fourth-order valence-corrected chi connectivity index (χ4v) is 2.42. The monoisotopic (exact) mass is 259 g/mol. The van der Waals surface area contributed by atoms with E-state index in [2.05, 4.69) is 9.97 Å². The Hall–Kier alpha value is -2.44. The minimum atomic E-state index is -0.467. The summed E-state index contributed by atoms with van der Waals surface area (Å²) in [5.74, 6) is 0.602. The lowest BCUT2D eigenvalue weighted by Gasteiger charge is -2.13. The van der Waals surface area contributed by atoms with Gasteiger partial charge in [0.05, 0.1) is 22.7 Å². The maximum atomic E-state index is 10.9. The normalized spacial score (nSPS) is 14.1. The Labute approximate surface area is 109 Å². The van der Waals surface area contributed by atoms with Crippen LogP contribution >= 0.6 is 0 Å². The lowest BCUT2D eigenvalue weighted by molar-refractivity contribution is -0.384. The summed E-state index contributed by atoms with van der Waals surface area (Å²) in [6.07, 6.45) is 5.77. The van der Waals surface area contributed by atoms with Crippen LogP contribution in [-0.2, 0) is 12.8 Å². The second-order valence-electron chi connectivity index (χ2n) is 4.58. The van der Waals surface area contributed by atoms with Gasteiger partial charge in [-0.25, -0.2) is 9.97 Å². The highest BCUT2D eigenvalue weighted by Crippen LogP contribution is 2.24. The van der Waals surface area contributed by atoms with Gasteiger partial charge in [0.15, 0.2) is 0 Å². The predicted molar refractivity (Wildman–Crippen MR) is 69.1 cm³/mol. The quantitative estimate of drug-likeness (QED) is 0.652. The van der Waals surface area contributed by atoms with Crippen molar-refractivity contribution in [1.29, 1.82) is 0 Å². The van der Waals surface area contributed by atoms with Crippen molar-refractivity contribution in [1.82, 2.24) is 14.5 Å². The number of hydrogen-bond acceptors (Lipinski definition) is 5. The Morgan fingerprint density at radius 2 is 2.11 bits per heavy atom. The lowest BCUT2D eigenvalue weighted by Crippen LogP contribution is -2.09. The van der Waals surface area contributed by atoms with Crippen molar-refractivity contribution >= 4 is 11.5 Å². The number of imidazole rings is 1. The van der Waals surface area contributed by atoms with E-state index in [9.17, 15) is 10.1 Å². The molecule has 0 bridgehead atoms. The number of fused-ring (bicyclic) bond motifs is 1. The molecule has 1 aliphatic rings. The van der Waals surface area contributed by atoms with Gasteiger partial charge in [-0.05, 0) is 25.7 Å². The van der Waals surface area contributed by atoms with Crippen LogP contribution in [0.3, 0.4) is 0 Å². The van der Waals surface area contributed by atoms with Crippen molar-refractivity contribution in [3.63, 3.8) is 0 Å². The summed E-state index contributed by atoms with van der Waals surface area (Å²) in [5, 5.41) is 10.9. The Morgan fingerprint density at radius 1 is 1.32 bits per heavy atom. The van der Waals surface area contributed by atoms with Crippen molar-refractivity contribution in [3.8, 4) is 5.82 Å². The zero-order chi connectivity index (χ0) is 13.4. The fraction of sp³-hybridized carbons (Fsp3) is 0.333. The molecule has 3 rings (SSSR count). The van der Waals surface area contributed by atoms with Gasteiger partial charge in [0.1, 0.15) is 18.0 Å². The van der Waals surface area contributed by atoms with Gasteiger partial charge in [-0.2, -0.15) is 0 Å². The minimum Gasteiger partial charge on any atom is -0.383 e. The molecular weight excluding hydrogens is 246 g/mol. The summed E-state index contributed by atoms with van der Waals surface area (Å²) in [6.45, 7) is 0. The van der Waals surface area contributed by atoms with E-state index in [4.69, 9.17) is 5.73 Å². The number of pyridine rings is 1. The molecule has 7 heteroatoms. The van der Waals surface area contributed by atoms with E-state index in [1.807, 2.05) is 0 Å². The van der Waals surface area contributed by atoms with Gasteiger partial charge in [-0.3, -0.25) is 14.7 Å². The number of nitro groups is 1. The van der Waals surface area contributed by atoms with E-state index >= 15 is 0 Å². The van der Waals surface area contributed by atoms with E-state index in [1.165, 1.54) is 12.1 Å². The van der Waals surface area contributed by atoms with Crippen LogP contribution in [0.1, 0.15) is 24.2 Å².